The number of halogens is 3. The van der Waals surface area contributed by atoms with Crippen molar-refractivity contribution in [3.05, 3.63) is 56.7 Å². The molecule has 8 nitrogen and oxygen atoms in total. The van der Waals surface area contributed by atoms with Crippen LogP contribution in [0.1, 0.15) is 49.4 Å². The standard InChI is InChI=1S/C23H21Cl3N4O4/c1-6-33-21(31)18-19(26)30-13(7-9-14-15(24)11-27-12-16(14)25)8-10-17(20(30)28-18)29(5)22(32)34-23(2,3)4/h8,10-12H,6H2,1-5H3. The molecule has 0 atom stereocenters. The van der Waals surface area contributed by atoms with Gasteiger partial charge in [-0.1, -0.05) is 40.7 Å². The van der Waals surface area contributed by atoms with Gasteiger partial charge in [-0.2, -0.15) is 0 Å². The molecule has 0 aromatic carbocycles. The van der Waals surface area contributed by atoms with E-state index in [2.05, 4.69) is 21.8 Å². The molecular weight excluding hydrogens is 503 g/mol. The average molecular weight is 524 g/mol. The summed E-state index contributed by atoms with van der Waals surface area (Å²) in [5.74, 6) is 5.14. The van der Waals surface area contributed by atoms with E-state index in [1.807, 2.05) is 0 Å². The maximum Gasteiger partial charge on any atom is 0.414 e. The Morgan fingerprint density at radius 1 is 1.12 bits per heavy atom. The van der Waals surface area contributed by atoms with Crippen LogP contribution in [0.5, 0.6) is 0 Å². The number of rotatable bonds is 3. The van der Waals surface area contributed by atoms with Crippen molar-refractivity contribution >= 4 is 58.2 Å². The van der Waals surface area contributed by atoms with Crippen LogP contribution in [0.25, 0.3) is 5.65 Å². The molecule has 3 heterocycles. The highest BCUT2D eigenvalue weighted by Gasteiger charge is 2.26. The van der Waals surface area contributed by atoms with Gasteiger partial charge in [-0.15, -0.1) is 0 Å². The van der Waals surface area contributed by atoms with Gasteiger partial charge >= 0.3 is 12.1 Å². The highest BCUT2D eigenvalue weighted by Crippen LogP contribution is 2.29. The minimum Gasteiger partial charge on any atom is -0.461 e. The molecular formula is C23H21Cl3N4O4. The molecule has 0 saturated heterocycles. The van der Waals surface area contributed by atoms with Crippen LogP contribution in [-0.4, -0.2) is 45.7 Å². The topological polar surface area (TPSA) is 86.0 Å². The predicted octanol–water partition coefficient (Wildman–Crippen LogP) is 5.64. The van der Waals surface area contributed by atoms with Crippen molar-refractivity contribution in [3.63, 3.8) is 0 Å². The summed E-state index contributed by atoms with van der Waals surface area (Å²) in [5, 5.41) is 0.534. The largest absolute Gasteiger partial charge is 0.461 e. The van der Waals surface area contributed by atoms with Crippen molar-refractivity contribution < 1.29 is 19.1 Å². The van der Waals surface area contributed by atoms with Gasteiger partial charge in [0.05, 0.1) is 33.6 Å². The number of pyridine rings is 2. The lowest BCUT2D eigenvalue weighted by atomic mass is 10.2. The summed E-state index contributed by atoms with van der Waals surface area (Å²) in [6, 6.07) is 3.25. The van der Waals surface area contributed by atoms with Crippen molar-refractivity contribution in [2.24, 2.45) is 0 Å². The van der Waals surface area contributed by atoms with Crippen molar-refractivity contribution in [2.75, 3.05) is 18.6 Å². The Morgan fingerprint density at radius 2 is 1.76 bits per heavy atom. The normalized spacial score (nSPS) is 11.1. The SMILES string of the molecule is CCOC(=O)c1nc2c(N(C)C(=O)OC(C)(C)C)ccc(C#Cc3c(Cl)cncc3Cl)n2c1Cl. The number of imidazole rings is 1. The van der Waals surface area contributed by atoms with Crippen LogP contribution in [0.15, 0.2) is 24.5 Å². The summed E-state index contributed by atoms with van der Waals surface area (Å²) in [6.07, 6.45) is 2.24. The highest BCUT2D eigenvalue weighted by atomic mass is 35.5. The van der Waals surface area contributed by atoms with Gasteiger partial charge in [0.15, 0.2) is 11.3 Å². The maximum atomic E-state index is 12.7. The maximum absolute atomic E-state index is 12.7. The number of amides is 1. The third-order valence-corrected chi connectivity index (χ3v) is 5.28. The molecule has 0 aliphatic rings. The van der Waals surface area contributed by atoms with Gasteiger partial charge in [0.2, 0.25) is 0 Å². The molecule has 0 radical (unpaired) electrons. The van der Waals surface area contributed by atoms with Crippen LogP contribution in [0.2, 0.25) is 15.2 Å². The number of hydrogen-bond donors (Lipinski definition) is 0. The molecule has 0 N–H and O–H groups in total. The van der Waals surface area contributed by atoms with E-state index in [9.17, 15) is 9.59 Å². The lowest BCUT2D eigenvalue weighted by molar-refractivity contribution is 0.0519. The first-order chi connectivity index (χ1) is 15.9. The van der Waals surface area contributed by atoms with Gasteiger partial charge in [0.1, 0.15) is 10.8 Å². The number of aromatic nitrogens is 3. The molecule has 0 aliphatic carbocycles. The molecule has 0 bridgehead atoms. The molecule has 0 aliphatic heterocycles. The van der Waals surface area contributed by atoms with Gasteiger partial charge in [-0.05, 0) is 45.7 Å². The molecule has 178 valence electrons. The van der Waals surface area contributed by atoms with E-state index in [0.717, 1.165) is 0 Å². The highest BCUT2D eigenvalue weighted by molar-refractivity contribution is 6.36. The zero-order valence-corrected chi connectivity index (χ0v) is 21.3. The van der Waals surface area contributed by atoms with Crippen molar-refractivity contribution in [1.29, 1.82) is 0 Å². The fourth-order valence-electron chi connectivity index (χ4n) is 2.87. The van der Waals surface area contributed by atoms with Crippen molar-refractivity contribution in [3.8, 4) is 11.8 Å². The Balaban J connectivity index is 2.21. The second-order valence-electron chi connectivity index (χ2n) is 8.00. The monoisotopic (exact) mass is 522 g/mol. The van der Waals surface area contributed by atoms with E-state index >= 15 is 0 Å². The number of ether oxygens (including phenoxy) is 2. The summed E-state index contributed by atoms with van der Waals surface area (Å²) in [4.78, 5) is 34.7. The minimum atomic E-state index is -0.709. The number of hydrogen-bond acceptors (Lipinski definition) is 6. The smallest absolute Gasteiger partial charge is 0.414 e. The molecule has 3 aromatic heterocycles. The summed E-state index contributed by atoms with van der Waals surface area (Å²) in [7, 11) is 1.53. The van der Waals surface area contributed by atoms with Crippen molar-refractivity contribution in [2.45, 2.75) is 33.3 Å². The van der Waals surface area contributed by atoms with Gasteiger partial charge < -0.3 is 9.47 Å². The molecule has 3 rings (SSSR count). The van der Waals surface area contributed by atoms with Crippen molar-refractivity contribution in [1.82, 2.24) is 14.4 Å². The summed E-state index contributed by atoms with van der Waals surface area (Å²) >= 11 is 18.9. The lowest BCUT2D eigenvalue weighted by Crippen LogP contribution is -2.34. The first-order valence-corrected chi connectivity index (χ1v) is 11.2. The Hall–Kier alpha value is -2.99. The van der Waals surface area contributed by atoms with Crippen LogP contribution in [0, 0.1) is 11.8 Å². The number of carbonyl (C=O) groups excluding carboxylic acids is 2. The first-order valence-electron chi connectivity index (χ1n) is 10.1. The Bertz CT molecular complexity index is 1320. The fourth-order valence-corrected chi connectivity index (χ4v) is 3.62. The first kappa shape index (κ1) is 25.6. The number of fused-ring (bicyclic) bond motifs is 1. The van der Waals surface area contributed by atoms with E-state index in [1.54, 1.807) is 39.8 Å². The van der Waals surface area contributed by atoms with Crippen LogP contribution < -0.4 is 4.90 Å². The molecule has 0 spiro atoms. The average Bonchev–Trinajstić information content (AvgIpc) is 3.09. The molecule has 3 aromatic rings. The zero-order valence-electron chi connectivity index (χ0n) is 19.1. The van der Waals surface area contributed by atoms with Crippen LogP contribution >= 0.6 is 34.8 Å². The third-order valence-electron chi connectivity index (χ3n) is 4.36. The number of esters is 1. The van der Waals surface area contributed by atoms with Crippen LogP contribution in [-0.2, 0) is 9.47 Å². The summed E-state index contributed by atoms with van der Waals surface area (Å²) < 4.78 is 12.0. The number of nitrogens with zero attached hydrogens (tertiary/aromatic N) is 4. The second-order valence-corrected chi connectivity index (χ2v) is 9.17. The second kappa shape index (κ2) is 10.1. The molecule has 0 unspecified atom stereocenters. The van der Waals surface area contributed by atoms with E-state index in [4.69, 9.17) is 44.3 Å². The minimum absolute atomic E-state index is 0.0240. The summed E-state index contributed by atoms with van der Waals surface area (Å²) in [6.45, 7) is 7.08. The van der Waals surface area contributed by atoms with E-state index in [1.165, 1.54) is 28.7 Å². The lowest BCUT2D eigenvalue weighted by Gasteiger charge is -2.25. The number of anilines is 1. The van der Waals surface area contributed by atoms with E-state index in [0.29, 0.717) is 16.9 Å². The molecule has 34 heavy (non-hydrogen) atoms. The Labute approximate surface area is 211 Å². The summed E-state index contributed by atoms with van der Waals surface area (Å²) in [5.41, 5.74) is 0.477. The third kappa shape index (κ3) is 5.39. The van der Waals surface area contributed by atoms with Crippen LogP contribution in [0.3, 0.4) is 0 Å². The molecule has 1 amide bonds. The Morgan fingerprint density at radius 3 is 2.35 bits per heavy atom. The molecule has 11 heteroatoms. The van der Waals surface area contributed by atoms with Gasteiger partial charge in [-0.3, -0.25) is 14.3 Å². The van der Waals surface area contributed by atoms with E-state index < -0.39 is 17.7 Å². The van der Waals surface area contributed by atoms with Gasteiger partial charge in [-0.25, -0.2) is 14.6 Å². The molecule has 0 fully saturated rings. The quantitative estimate of drug-likeness (QED) is 0.326. The fraction of sp³-hybridized carbons (Fsp3) is 0.304. The number of carbonyl (C=O) groups is 2. The van der Waals surface area contributed by atoms with Gasteiger partial charge in [0.25, 0.3) is 0 Å². The van der Waals surface area contributed by atoms with Gasteiger partial charge in [0, 0.05) is 19.4 Å². The zero-order chi connectivity index (χ0) is 25.2. The van der Waals surface area contributed by atoms with E-state index in [-0.39, 0.29) is 33.1 Å². The van der Waals surface area contributed by atoms with Crippen LogP contribution in [0.4, 0.5) is 10.5 Å². The predicted molar refractivity (Wildman–Crippen MR) is 131 cm³/mol. The molecule has 0 saturated carbocycles. The Kier molecular flexibility index (Phi) is 7.61.